The molecule has 0 amide bonds. The highest BCUT2D eigenvalue weighted by atomic mass is 16.5. The van der Waals surface area contributed by atoms with Crippen LogP contribution in [0.15, 0.2) is 0 Å². The van der Waals surface area contributed by atoms with Crippen LogP contribution < -0.4 is 5.32 Å². The third-order valence-corrected chi connectivity index (χ3v) is 6.12. The molecule has 3 rings (SSSR count). The molecule has 1 N–H and O–H groups in total. The average Bonchev–Trinajstić information content (AvgIpc) is 2.90. The molecule has 3 aliphatic heterocycles. The van der Waals surface area contributed by atoms with Gasteiger partial charge in [0.1, 0.15) is 0 Å². The van der Waals surface area contributed by atoms with E-state index in [0.717, 1.165) is 38.6 Å². The maximum atomic E-state index is 6.25. The Bertz CT molecular complexity index is 330. The van der Waals surface area contributed by atoms with Gasteiger partial charge >= 0.3 is 0 Å². The van der Waals surface area contributed by atoms with E-state index < -0.39 is 0 Å². The monoisotopic (exact) mass is 281 g/mol. The molecule has 3 fully saturated rings. The topological polar surface area (TPSA) is 30.5 Å². The Hall–Kier alpha value is -0.120. The van der Waals surface area contributed by atoms with Crippen LogP contribution in [0, 0.1) is 11.3 Å². The summed E-state index contributed by atoms with van der Waals surface area (Å²) in [6, 6.07) is 0. The van der Waals surface area contributed by atoms with Gasteiger partial charge in [0.05, 0.1) is 5.60 Å². The highest BCUT2D eigenvalue weighted by Gasteiger charge is 2.53. The van der Waals surface area contributed by atoms with Crippen molar-refractivity contribution >= 4 is 0 Å². The summed E-state index contributed by atoms with van der Waals surface area (Å²) in [5, 5.41) is 3.91. The number of hydrogen-bond donors (Lipinski definition) is 1. The number of nitrogens with one attached hydrogen (secondary N) is 1. The molecule has 2 unspecified atom stereocenters. The zero-order valence-electron chi connectivity index (χ0n) is 13.5. The van der Waals surface area contributed by atoms with Gasteiger partial charge in [0.15, 0.2) is 0 Å². The van der Waals surface area contributed by atoms with E-state index in [1.54, 1.807) is 0 Å². The van der Waals surface area contributed by atoms with Crippen LogP contribution in [0.5, 0.6) is 0 Å². The Morgan fingerprint density at radius 3 is 2.40 bits per heavy atom. The molecule has 3 nitrogen and oxygen atoms in total. The van der Waals surface area contributed by atoms with Crippen molar-refractivity contribution in [1.82, 2.24) is 5.32 Å². The first-order valence-electron chi connectivity index (χ1n) is 8.44. The molecular weight excluding hydrogens is 250 g/mol. The predicted molar refractivity (Wildman–Crippen MR) is 80.9 cm³/mol. The van der Waals surface area contributed by atoms with E-state index in [1.807, 2.05) is 0 Å². The van der Waals surface area contributed by atoms with Gasteiger partial charge in [0.2, 0.25) is 0 Å². The molecule has 0 aromatic carbocycles. The molecule has 3 heteroatoms. The van der Waals surface area contributed by atoms with E-state index in [1.165, 1.54) is 32.2 Å². The van der Waals surface area contributed by atoms with Crippen molar-refractivity contribution in [2.24, 2.45) is 11.3 Å². The maximum absolute atomic E-state index is 6.25. The van der Waals surface area contributed by atoms with Crippen LogP contribution in [0.4, 0.5) is 0 Å². The quantitative estimate of drug-likeness (QED) is 0.801. The minimum atomic E-state index is 0.115. The molecule has 0 bridgehead atoms. The molecule has 116 valence electrons. The van der Waals surface area contributed by atoms with E-state index in [2.05, 4.69) is 26.1 Å². The lowest BCUT2D eigenvalue weighted by Gasteiger charge is -2.54. The fourth-order valence-electron chi connectivity index (χ4n) is 4.91. The summed E-state index contributed by atoms with van der Waals surface area (Å²) in [5.74, 6) is 0.747. The van der Waals surface area contributed by atoms with Gasteiger partial charge in [-0.3, -0.25) is 0 Å². The average molecular weight is 281 g/mol. The van der Waals surface area contributed by atoms with Gasteiger partial charge in [-0.25, -0.2) is 0 Å². The molecule has 0 aromatic rings. The molecule has 20 heavy (non-hydrogen) atoms. The first kappa shape index (κ1) is 14.8. The van der Waals surface area contributed by atoms with Crippen molar-refractivity contribution in [1.29, 1.82) is 0 Å². The molecular formula is C17H31NO2. The van der Waals surface area contributed by atoms with Gasteiger partial charge in [-0.2, -0.15) is 0 Å². The summed E-state index contributed by atoms with van der Waals surface area (Å²) in [6.07, 6.45) is 7.26. The highest BCUT2D eigenvalue weighted by Crippen LogP contribution is 2.50. The molecule has 3 heterocycles. The van der Waals surface area contributed by atoms with Crippen LogP contribution >= 0.6 is 0 Å². The zero-order valence-corrected chi connectivity index (χ0v) is 13.5. The lowest BCUT2D eigenvalue weighted by Crippen LogP contribution is -2.60. The second kappa shape index (κ2) is 5.26. The van der Waals surface area contributed by atoms with E-state index in [4.69, 9.17) is 9.47 Å². The van der Waals surface area contributed by atoms with Crippen LogP contribution in [0.1, 0.15) is 59.3 Å². The van der Waals surface area contributed by atoms with Crippen molar-refractivity contribution < 1.29 is 9.47 Å². The van der Waals surface area contributed by atoms with E-state index in [9.17, 15) is 0 Å². The van der Waals surface area contributed by atoms with Crippen molar-refractivity contribution in [3.05, 3.63) is 0 Å². The van der Waals surface area contributed by atoms with Crippen LogP contribution in [-0.2, 0) is 9.47 Å². The summed E-state index contributed by atoms with van der Waals surface area (Å²) >= 11 is 0. The largest absolute Gasteiger partial charge is 0.381 e. The molecule has 3 saturated heterocycles. The van der Waals surface area contributed by atoms with Gasteiger partial charge < -0.3 is 14.8 Å². The normalized spacial score (nSPS) is 38.2. The van der Waals surface area contributed by atoms with Crippen molar-refractivity contribution in [3.63, 3.8) is 0 Å². The molecule has 0 radical (unpaired) electrons. The van der Waals surface area contributed by atoms with Gasteiger partial charge in [0, 0.05) is 25.4 Å². The van der Waals surface area contributed by atoms with Crippen LogP contribution in [0.3, 0.4) is 0 Å². The molecule has 1 spiro atoms. The van der Waals surface area contributed by atoms with E-state index in [0.29, 0.717) is 11.0 Å². The first-order chi connectivity index (χ1) is 9.48. The van der Waals surface area contributed by atoms with Crippen LogP contribution in [0.2, 0.25) is 0 Å². The third-order valence-electron chi connectivity index (χ3n) is 6.12. The van der Waals surface area contributed by atoms with Gasteiger partial charge in [-0.1, -0.05) is 20.8 Å². The standard InChI is InChI=1S/C17H31NO2/c1-15(2,3)17(6-4-9-18-17)14-5-10-20-16(13-14)7-11-19-12-8-16/h14,18H,4-13H2,1-3H3. The van der Waals surface area contributed by atoms with Crippen LogP contribution in [-0.4, -0.2) is 37.5 Å². The Kier molecular flexibility index (Phi) is 3.89. The molecule has 0 aliphatic carbocycles. The fourth-order valence-corrected chi connectivity index (χ4v) is 4.91. The molecule has 0 aromatic heterocycles. The molecule has 2 atom stereocenters. The van der Waals surface area contributed by atoms with Crippen molar-refractivity contribution in [2.45, 2.75) is 70.4 Å². The van der Waals surface area contributed by atoms with Gasteiger partial charge in [-0.15, -0.1) is 0 Å². The minimum absolute atomic E-state index is 0.115. The second-order valence-corrected chi connectivity index (χ2v) is 8.09. The number of rotatable bonds is 1. The van der Waals surface area contributed by atoms with E-state index in [-0.39, 0.29) is 5.60 Å². The SMILES string of the molecule is CC(C)(C)C1(C2CCOC3(CCOCC3)C2)CCCN1. The first-order valence-corrected chi connectivity index (χ1v) is 8.44. The summed E-state index contributed by atoms with van der Waals surface area (Å²) in [4.78, 5) is 0. The van der Waals surface area contributed by atoms with Crippen molar-refractivity contribution in [3.8, 4) is 0 Å². The van der Waals surface area contributed by atoms with Crippen molar-refractivity contribution in [2.75, 3.05) is 26.4 Å². The Morgan fingerprint density at radius 1 is 1.05 bits per heavy atom. The summed E-state index contributed by atoms with van der Waals surface area (Å²) in [5.41, 5.74) is 0.740. The third kappa shape index (κ3) is 2.42. The van der Waals surface area contributed by atoms with Gasteiger partial charge in [-0.05, 0) is 56.4 Å². The number of ether oxygens (including phenoxy) is 2. The molecule has 3 aliphatic rings. The highest BCUT2D eigenvalue weighted by molar-refractivity contribution is 5.08. The zero-order chi connectivity index (χ0) is 14.3. The second-order valence-electron chi connectivity index (χ2n) is 8.09. The Labute approximate surface area is 123 Å². The van der Waals surface area contributed by atoms with Crippen LogP contribution in [0.25, 0.3) is 0 Å². The summed E-state index contributed by atoms with van der Waals surface area (Å²) in [6.45, 7) is 11.1. The maximum Gasteiger partial charge on any atom is 0.0729 e. The fraction of sp³-hybridized carbons (Fsp3) is 1.00. The van der Waals surface area contributed by atoms with Gasteiger partial charge in [0.25, 0.3) is 0 Å². The van der Waals surface area contributed by atoms with E-state index >= 15 is 0 Å². The summed E-state index contributed by atoms with van der Waals surface area (Å²) in [7, 11) is 0. The molecule has 0 saturated carbocycles. The summed E-state index contributed by atoms with van der Waals surface area (Å²) < 4.78 is 11.8. The lowest BCUT2D eigenvalue weighted by atomic mass is 9.61. The smallest absolute Gasteiger partial charge is 0.0729 e. The Morgan fingerprint density at radius 2 is 1.80 bits per heavy atom. The minimum Gasteiger partial charge on any atom is -0.381 e. The number of hydrogen-bond acceptors (Lipinski definition) is 3. The lowest BCUT2D eigenvalue weighted by molar-refractivity contribution is -0.162. The predicted octanol–water partition coefficient (Wildman–Crippen LogP) is 3.13. The Balaban J connectivity index is 1.81.